The summed E-state index contributed by atoms with van der Waals surface area (Å²) < 4.78 is 2.15. The molecule has 3 N–H and O–H groups in total. The van der Waals surface area contributed by atoms with Crippen LogP contribution >= 0.6 is 0 Å². The molecular formula is C17H23N3O2. The van der Waals surface area contributed by atoms with Gasteiger partial charge in [-0.3, -0.25) is 0 Å². The van der Waals surface area contributed by atoms with E-state index in [2.05, 4.69) is 34.4 Å². The predicted molar refractivity (Wildman–Crippen MR) is 88.0 cm³/mol. The molecule has 0 unspecified atom stereocenters. The van der Waals surface area contributed by atoms with E-state index in [-0.39, 0.29) is 12.1 Å². The quantitative estimate of drug-likeness (QED) is 0.813. The number of aromatic nitrogens is 1. The van der Waals surface area contributed by atoms with E-state index in [1.165, 1.54) is 5.39 Å². The van der Waals surface area contributed by atoms with Gasteiger partial charge in [0.2, 0.25) is 0 Å². The van der Waals surface area contributed by atoms with Crippen LogP contribution < -0.4 is 10.6 Å². The molecule has 1 aliphatic carbocycles. The number of carbonyl (C=O) groups is 1. The molecule has 1 aromatic heterocycles. The number of hydrogen-bond acceptors (Lipinski definition) is 2. The van der Waals surface area contributed by atoms with Crippen LogP contribution in [0, 0.1) is 5.92 Å². The first-order valence-electron chi connectivity index (χ1n) is 7.97. The third-order valence-electron chi connectivity index (χ3n) is 4.44. The van der Waals surface area contributed by atoms with Crippen LogP contribution in [-0.4, -0.2) is 28.4 Å². The van der Waals surface area contributed by atoms with Crippen LogP contribution in [-0.2, 0) is 6.54 Å². The molecule has 1 aromatic carbocycles. The second kappa shape index (κ2) is 6.40. The van der Waals surface area contributed by atoms with Crippen LogP contribution in [0.3, 0.4) is 0 Å². The molecule has 0 saturated heterocycles. The number of carbonyl (C=O) groups excluding carboxylic acids is 1. The highest BCUT2D eigenvalue weighted by Crippen LogP contribution is 2.24. The summed E-state index contributed by atoms with van der Waals surface area (Å²) in [5, 5.41) is 16.5. The fourth-order valence-corrected chi connectivity index (χ4v) is 3.18. The van der Waals surface area contributed by atoms with Crippen molar-refractivity contribution in [2.75, 3.05) is 11.9 Å². The lowest BCUT2D eigenvalue weighted by Crippen LogP contribution is -2.32. The van der Waals surface area contributed by atoms with Gasteiger partial charge in [-0.1, -0.05) is 6.07 Å². The average Bonchev–Trinajstić information content (AvgIpc) is 3.10. The summed E-state index contributed by atoms with van der Waals surface area (Å²) in [4.78, 5) is 12.0. The summed E-state index contributed by atoms with van der Waals surface area (Å²) in [6.07, 6.45) is 4.48. The lowest BCUT2D eigenvalue weighted by atomic mass is 10.1. The maximum absolute atomic E-state index is 12.0. The third kappa shape index (κ3) is 3.25. The molecule has 2 amide bonds. The van der Waals surface area contributed by atoms with Crippen molar-refractivity contribution in [3.8, 4) is 0 Å². The van der Waals surface area contributed by atoms with Gasteiger partial charge in [0.15, 0.2) is 0 Å². The fraction of sp³-hybridized carbons (Fsp3) is 0.471. The Labute approximate surface area is 130 Å². The van der Waals surface area contributed by atoms with Gasteiger partial charge in [0, 0.05) is 25.0 Å². The minimum absolute atomic E-state index is 0.185. The molecule has 2 atom stereocenters. The highest BCUT2D eigenvalue weighted by Gasteiger charge is 2.22. The van der Waals surface area contributed by atoms with Crippen molar-refractivity contribution >= 4 is 22.6 Å². The van der Waals surface area contributed by atoms with Gasteiger partial charge in [-0.15, -0.1) is 0 Å². The van der Waals surface area contributed by atoms with E-state index >= 15 is 0 Å². The fourth-order valence-electron chi connectivity index (χ4n) is 3.18. The predicted octanol–water partition coefficient (Wildman–Crippen LogP) is 2.94. The second-order valence-corrected chi connectivity index (χ2v) is 6.04. The molecule has 1 saturated carbocycles. The number of nitrogens with zero attached hydrogens (tertiary/aromatic N) is 1. The summed E-state index contributed by atoms with van der Waals surface area (Å²) in [7, 11) is 0. The van der Waals surface area contributed by atoms with Crippen molar-refractivity contribution in [1.29, 1.82) is 0 Å². The Morgan fingerprint density at radius 3 is 2.95 bits per heavy atom. The third-order valence-corrected chi connectivity index (χ3v) is 4.44. The highest BCUT2D eigenvalue weighted by atomic mass is 16.3. The van der Waals surface area contributed by atoms with E-state index in [1.807, 2.05) is 18.2 Å². The van der Waals surface area contributed by atoms with E-state index in [4.69, 9.17) is 0 Å². The zero-order chi connectivity index (χ0) is 15.5. The average molecular weight is 301 g/mol. The maximum atomic E-state index is 12.0. The Bertz CT molecular complexity index is 665. The van der Waals surface area contributed by atoms with Gasteiger partial charge in [-0.25, -0.2) is 4.79 Å². The Morgan fingerprint density at radius 2 is 2.23 bits per heavy atom. The maximum Gasteiger partial charge on any atom is 0.319 e. The van der Waals surface area contributed by atoms with Gasteiger partial charge < -0.3 is 20.3 Å². The number of benzene rings is 1. The standard InChI is InChI=1S/C17H23N3O2/c1-2-20-8-7-13-4-5-14(10-16(13)20)19-17(22)18-11-12-3-6-15(21)9-12/h4-5,7-8,10,12,15,21H,2-3,6,9,11H2,1H3,(H2,18,19,22)/t12-,15+/m1/s1. The number of nitrogens with one attached hydrogen (secondary N) is 2. The Kier molecular flexibility index (Phi) is 4.34. The normalized spacial score (nSPS) is 21.2. The van der Waals surface area contributed by atoms with Gasteiger partial charge in [0.25, 0.3) is 0 Å². The summed E-state index contributed by atoms with van der Waals surface area (Å²) >= 11 is 0. The number of aliphatic hydroxyl groups is 1. The first-order valence-corrected chi connectivity index (χ1v) is 7.97. The molecular weight excluding hydrogens is 278 g/mol. The summed E-state index contributed by atoms with van der Waals surface area (Å²) in [6.45, 7) is 3.63. The second-order valence-electron chi connectivity index (χ2n) is 6.04. The number of aryl methyl sites for hydroxylation is 1. The molecule has 0 radical (unpaired) electrons. The molecule has 1 fully saturated rings. The van der Waals surface area contributed by atoms with Gasteiger partial charge >= 0.3 is 6.03 Å². The van der Waals surface area contributed by atoms with Crippen molar-refractivity contribution in [3.05, 3.63) is 30.5 Å². The summed E-state index contributed by atoms with van der Waals surface area (Å²) in [6, 6.07) is 7.83. The molecule has 2 aromatic rings. The lowest BCUT2D eigenvalue weighted by molar-refractivity contribution is 0.177. The number of rotatable bonds is 4. The van der Waals surface area contributed by atoms with Gasteiger partial charge in [0.1, 0.15) is 0 Å². The molecule has 118 valence electrons. The number of fused-ring (bicyclic) bond motifs is 1. The van der Waals surface area contributed by atoms with E-state index < -0.39 is 0 Å². The van der Waals surface area contributed by atoms with Crippen LogP contribution in [0.2, 0.25) is 0 Å². The van der Waals surface area contributed by atoms with Crippen molar-refractivity contribution in [1.82, 2.24) is 9.88 Å². The number of anilines is 1. The zero-order valence-electron chi connectivity index (χ0n) is 12.9. The smallest absolute Gasteiger partial charge is 0.319 e. The van der Waals surface area contributed by atoms with E-state index in [1.54, 1.807) is 0 Å². The minimum Gasteiger partial charge on any atom is -0.393 e. The molecule has 5 heteroatoms. The van der Waals surface area contributed by atoms with Crippen molar-refractivity contribution in [2.45, 2.75) is 38.8 Å². The van der Waals surface area contributed by atoms with Gasteiger partial charge in [-0.2, -0.15) is 0 Å². The van der Waals surface area contributed by atoms with Gasteiger partial charge in [0.05, 0.1) is 11.6 Å². The molecule has 1 aliphatic rings. The SMILES string of the molecule is CCn1ccc2ccc(NC(=O)NC[C@@H]3CC[C@H](O)C3)cc21. The van der Waals surface area contributed by atoms with Crippen LogP contribution in [0.25, 0.3) is 10.9 Å². The molecule has 22 heavy (non-hydrogen) atoms. The van der Waals surface area contributed by atoms with Crippen LogP contribution in [0.1, 0.15) is 26.2 Å². The Balaban J connectivity index is 1.59. The van der Waals surface area contributed by atoms with Crippen LogP contribution in [0.4, 0.5) is 10.5 Å². The minimum atomic E-state index is -0.195. The molecule has 3 rings (SSSR count). The monoisotopic (exact) mass is 301 g/mol. The first-order chi connectivity index (χ1) is 10.7. The number of amides is 2. The van der Waals surface area contributed by atoms with Crippen molar-refractivity contribution in [2.24, 2.45) is 5.92 Å². The van der Waals surface area contributed by atoms with Crippen LogP contribution in [0.15, 0.2) is 30.5 Å². The molecule has 5 nitrogen and oxygen atoms in total. The molecule has 0 bridgehead atoms. The van der Waals surface area contributed by atoms with E-state index in [0.29, 0.717) is 12.5 Å². The topological polar surface area (TPSA) is 66.3 Å². The number of hydrogen-bond donors (Lipinski definition) is 3. The lowest BCUT2D eigenvalue weighted by Gasteiger charge is -2.12. The Morgan fingerprint density at radius 1 is 1.36 bits per heavy atom. The summed E-state index contributed by atoms with van der Waals surface area (Å²) in [5.41, 5.74) is 1.92. The first kappa shape index (κ1) is 14.9. The highest BCUT2D eigenvalue weighted by molar-refractivity contribution is 5.92. The number of urea groups is 1. The molecule has 0 spiro atoms. The van der Waals surface area contributed by atoms with E-state index in [9.17, 15) is 9.90 Å². The Hall–Kier alpha value is -2.01. The van der Waals surface area contributed by atoms with Crippen molar-refractivity contribution < 1.29 is 9.90 Å². The van der Waals surface area contributed by atoms with Crippen LogP contribution in [0.5, 0.6) is 0 Å². The molecule has 0 aliphatic heterocycles. The largest absolute Gasteiger partial charge is 0.393 e. The molecule has 1 heterocycles. The van der Waals surface area contributed by atoms with E-state index in [0.717, 1.165) is 37.0 Å². The van der Waals surface area contributed by atoms with Gasteiger partial charge in [-0.05, 0) is 55.7 Å². The zero-order valence-corrected chi connectivity index (χ0v) is 12.9. The summed E-state index contributed by atoms with van der Waals surface area (Å²) in [5.74, 6) is 0.389. The number of aliphatic hydroxyl groups excluding tert-OH is 1. The van der Waals surface area contributed by atoms with Crippen molar-refractivity contribution in [3.63, 3.8) is 0 Å².